The van der Waals surface area contributed by atoms with Crippen LogP contribution in [0.2, 0.25) is 5.02 Å². The normalized spacial score (nSPS) is 14.7. The molecule has 2 amide bonds. The van der Waals surface area contributed by atoms with E-state index >= 15 is 0 Å². The Labute approximate surface area is 142 Å². The van der Waals surface area contributed by atoms with Crippen LogP contribution in [0.1, 0.15) is 25.3 Å². The molecule has 5 nitrogen and oxygen atoms in total. The van der Waals surface area contributed by atoms with Gasteiger partial charge in [-0.3, -0.25) is 9.59 Å². The molecule has 0 spiro atoms. The zero-order chi connectivity index (χ0) is 16.8. The Morgan fingerprint density at radius 2 is 2.00 bits per heavy atom. The molecule has 1 heterocycles. The van der Waals surface area contributed by atoms with E-state index in [-0.39, 0.29) is 18.4 Å². The number of amides is 2. The molecule has 23 heavy (non-hydrogen) atoms. The van der Waals surface area contributed by atoms with Crippen LogP contribution in [-0.2, 0) is 9.59 Å². The highest BCUT2D eigenvalue weighted by Crippen LogP contribution is 2.20. The average Bonchev–Trinajstić information content (AvgIpc) is 3.01. The van der Waals surface area contributed by atoms with E-state index in [1.54, 1.807) is 17.0 Å². The van der Waals surface area contributed by atoms with Crippen LogP contribution in [-0.4, -0.2) is 49.4 Å². The minimum Gasteiger partial charge on any atom is -0.329 e. The van der Waals surface area contributed by atoms with Gasteiger partial charge < -0.3 is 15.1 Å². The van der Waals surface area contributed by atoms with Gasteiger partial charge in [0, 0.05) is 30.1 Å². The number of likely N-dealkylation sites (N-methyl/N-ethyl adjacent to an activating group) is 1. The standard InChI is InChI=1S/C17H24ClN3O2/c1-3-21(17(23)12-20-8-4-5-9-20)11-16(22)19-15-10-14(18)7-6-13(15)2/h6-7,10H,3-5,8-9,11-12H2,1-2H3,(H,19,22)/p+1. The smallest absolute Gasteiger partial charge is 0.278 e. The molecular weight excluding hydrogens is 314 g/mol. The number of carbonyl (C=O) groups excluding carboxylic acids is 2. The predicted octanol–water partition coefficient (Wildman–Crippen LogP) is 1.11. The molecule has 0 atom stereocenters. The Balaban J connectivity index is 1.90. The fraction of sp³-hybridized carbons (Fsp3) is 0.529. The van der Waals surface area contributed by atoms with Crippen molar-refractivity contribution in [1.29, 1.82) is 0 Å². The van der Waals surface area contributed by atoms with Crippen molar-refractivity contribution in [2.75, 3.05) is 38.0 Å². The van der Waals surface area contributed by atoms with Crippen molar-refractivity contribution in [3.05, 3.63) is 28.8 Å². The lowest BCUT2D eigenvalue weighted by Crippen LogP contribution is -3.11. The third-order valence-electron chi connectivity index (χ3n) is 4.25. The molecule has 2 N–H and O–H groups in total. The number of nitrogens with one attached hydrogen (secondary N) is 2. The Morgan fingerprint density at radius 3 is 2.65 bits per heavy atom. The van der Waals surface area contributed by atoms with Gasteiger partial charge in [-0.2, -0.15) is 0 Å². The largest absolute Gasteiger partial charge is 0.329 e. The first-order chi connectivity index (χ1) is 11.0. The molecule has 1 aromatic carbocycles. The SMILES string of the molecule is CCN(CC(=O)Nc1cc(Cl)ccc1C)C(=O)C[NH+]1CCCC1. The van der Waals surface area contributed by atoms with Gasteiger partial charge in [0.1, 0.15) is 6.54 Å². The van der Waals surface area contributed by atoms with Crippen molar-refractivity contribution in [2.24, 2.45) is 0 Å². The highest BCUT2D eigenvalue weighted by Gasteiger charge is 2.23. The van der Waals surface area contributed by atoms with Crippen LogP contribution in [0.3, 0.4) is 0 Å². The maximum atomic E-state index is 12.3. The number of nitrogens with zero attached hydrogens (tertiary/aromatic N) is 1. The molecule has 2 rings (SSSR count). The fourth-order valence-corrected chi connectivity index (χ4v) is 3.02. The van der Waals surface area contributed by atoms with Gasteiger partial charge in [0.25, 0.3) is 5.91 Å². The van der Waals surface area contributed by atoms with E-state index in [1.807, 2.05) is 19.9 Å². The van der Waals surface area contributed by atoms with Crippen LogP contribution in [0.4, 0.5) is 5.69 Å². The van der Waals surface area contributed by atoms with Crippen molar-refractivity contribution in [3.63, 3.8) is 0 Å². The Morgan fingerprint density at radius 1 is 1.30 bits per heavy atom. The number of benzene rings is 1. The fourth-order valence-electron chi connectivity index (χ4n) is 2.85. The summed E-state index contributed by atoms with van der Waals surface area (Å²) in [7, 11) is 0. The quantitative estimate of drug-likeness (QED) is 0.816. The average molecular weight is 339 g/mol. The summed E-state index contributed by atoms with van der Waals surface area (Å²) in [5.41, 5.74) is 1.63. The maximum absolute atomic E-state index is 12.3. The van der Waals surface area contributed by atoms with E-state index in [9.17, 15) is 9.59 Å². The third-order valence-corrected chi connectivity index (χ3v) is 4.49. The predicted molar refractivity (Wildman–Crippen MR) is 91.9 cm³/mol. The lowest BCUT2D eigenvalue weighted by atomic mass is 10.2. The second kappa shape index (κ2) is 8.31. The number of rotatable bonds is 6. The van der Waals surface area contributed by atoms with Gasteiger partial charge in [0.2, 0.25) is 5.91 Å². The zero-order valence-electron chi connectivity index (χ0n) is 13.8. The van der Waals surface area contributed by atoms with Gasteiger partial charge in [-0.15, -0.1) is 0 Å². The van der Waals surface area contributed by atoms with Gasteiger partial charge >= 0.3 is 0 Å². The van der Waals surface area contributed by atoms with Crippen molar-refractivity contribution in [2.45, 2.75) is 26.7 Å². The van der Waals surface area contributed by atoms with Gasteiger partial charge in [-0.1, -0.05) is 17.7 Å². The molecule has 1 aliphatic rings. The van der Waals surface area contributed by atoms with E-state index in [1.165, 1.54) is 17.7 Å². The zero-order valence-corrected chi connectivity index (χ0v) is 14.6. The number of anilines is 1. The molecular formula is C17H25ClN3O2+. The number of halogens is 1. The first-order valence-electron chi connectivity index (χ1n) is 8.17. The van der Waals surface area contributed by atoms with Gasteiger partial charge in [0.05, 0.1) is 13.1 Å². The summed E-state index contributed by atoms with van der Waals surface area (Å²) in [5.74, 6) is -0.149. The summed E-state index contributed by atoms with van der Waals surface area (Å²) in [4.78, 5) is 27.5. The summed E-state index contributed by atoms with van der Waals surface area (Å²) < 4.78 is 0. The van der Waals surface area contributed by atoms with Crippen LogP contribution < -0.4 is 10.2 Å². The molecule has 0 aromatic heterocycles. The number of hydrogen-bond acceptors (Lipinski definition) is 2. The molecule has 126 valence electrons. The Hall–Kier alpha value is -1.59. The first-order valence-corrected chi connectivity index (χ1v) is 8.54. The van der Waals surface area contributed by atoms with Crippen molar-refractivity contribution in [3.8, 4) is 0 Å². The summed E-state index contributed by atoms with van der Waals surface area (Å²) in [6.07, 6.45) is 2.37. The number of hydrogen-bond donors (Lipinski definition) is 2. The van der Waals surface area contributed by atoms with E-state index in [2.05, 4.69) is 5.32 Å². The first kappa shape index (κ1) is 17.8. The molecule has 6 heteroatoms. The molecule has 0 saturated carbocycles. The molecule has 0 radical (unpaired) electrons. The van der Waals surface area contributed by atoms with Crippen molar-refractivity contribution >= 4 is 29.1 Å². The summed E-state index contributed by atoms with van der Waals surface area (Å²) in [5, 5.41) is 3.42. The summed E-state index contributed by atoms with van der Waals surface area (Å²) >= 11 is 5.96. The highest BCUT2D eigenvalue weighted by atomic mass is 35.5. The van der Waals surface area contributed by atoms with E-state index in [0.29, 0.717) is 23.8 Å². The minimum absolute atomic E-state index is 0.0439. The minimum atomic E-state index is -0.193. The Bertz CT molecular complexity index is 571. The van der Waals surface area contributed by atoms with Crippen molar-refractivity contribution in [1.82, 2.24) is 4.90 Å². The van der Waals surface area contributed by atoms with Gasteiger partial charge in [-0.05, 0) is 31.5 Å². The van der Waals surface area contributed by atoms with E-state index < -0.39 is 0 Å². The monoisotopic (exact) mass is 338 g/mol. The summed E-state index contributed by atoms with van der Waals surface area (Å²) in [6.45, 7) is 7.01. The molecule has 1 aliphatic heterocycles. The van der Waals surface area contributed by atoms with Crippen LogP contribution in [0.5, 0.6) is 0 Å². The highest BCUT2D eigenvalue weighted by molar-refractivity contribution is 6.31. The lowest BCUT2D eigenvalue weighted by molar-refractivity contribution is -0.879. The van der Waals surface area contributed by atoms with E-state index in [0.717, 1.165) is 18.7 Å². The molecule has 0 bridgehead atoms. The summed E-state index contributed by atoms with van der Waals surface area (Å²) in [6, 6.07) is 5.37. The third kappa shape index (κ3) is 5.22. The van der Waals surface area contributed by atoms with Crippen LogP contribution in [0, 0.1) is 6.92 Å². The van der Waals surface area contributed by atoms with Crippen LogP contribution >= 0.6 is 11.6 Å². The second-order valence-corrected chi connectivity index (χ2v) is 6.49. The topological polar surface area (TPSA) is 53.9 Å². The molecule has 0 aliphatic carbocycles. The molecule has 0 unspecified atom stereocenters. The van der Waals surface area contributed by atoms with Crippen LogP contribution in [0.15, 0.2) is 18.2 Å². The molecule has 1 fully saturated rings. The number of quaternary nitrogens is 1. The maximum Gasteiger partial charge on any atom is 0.278 e. The number of carbonyl (C=O) groups is 2. The van der Waals surface area contributed by atoms with Crippen molar-refractivity contribution < 1.29 is 14.5 Å². The van der Waals surface area contributed by atoms with Gasteiger partial charge in [-0.25, -0.2) is 0 Å². The molecule has 1 saturated heterocycles. The molecule has 1 aromatic rings. The van der Waals surface area contributed by atoms with Crippen LogP contribution in [0.25, 0.3) is 0 Å². The Kier molecular flexibility index (Phi) is 6.42. The lowest BCUT2D eigenvalue weighted by Gasteiger charge is -2.22. The van der Waals surface area contributed by atoms with Gasteiger partial charge in [0.15, 0.2) is 6.54 Å². The number of likely N-dealkylation sites (tertiary alicyclic amines) is 1. The van der Waals surface area contributed by atoms with E-state index in [4.69, 9.17) is 11.6 Å². The number of aryl methyl sites for hydroxylation is 1. The second-order valence-electron chi connectivity index (χ2n) is 6.05.